The van der Waals surface area contributed by atoms with E-state index in [4.69, 9.17) is 0 Å². The van der Waals surface area contributed by atoms with E-state index >= 15 is 0 Å². The fraction of sp³-hybridized carbons (Fsp3) is 0.273. The highest BCUT2D eigenvalue weighted by Gasteiger charge is 2.29. The van der Waals surface area contributed by atoms with E-state index in [1.54, 1.807) is 0 Å². The molecule has 1 aromatic carbocycles. The van der Waals surface area contributed by atoms with Crippen LogP contribution in [-0.4, -0.2) is 21.7 Å². The van der Waals surface area contributed by atoms with Crippen LogP contribution in [0.15, 0.2) is 30.6 Å². The summed E-state index contributed by atoms with van der Waals surface area (Å²) in [5.74, 6) is 0.731. The molecular formula is C11H11F3N4. The van der Waals surface area contributed by atoms with Crippen molar-refractivity contribution >= 4 is 5.69 Å². The molecule has 1 heterocycles. The van der Waals surface area contributed by atoms with Crippen LogP contribution in [0.5, 0.6) is 0 Å². The van der Waals surface area contributed by atoms with Crippen molar-refractivity contribution in [2.45, 2.75) is 12.6 Å². The van der Waals surface area contributed by atoms with Crippen LogP contribution in [0.25, 0.3) is 0 Å². The third kappa shape index (κ3) is 3.22. The second-order valence-electron chi connectivity index (χ2n) is 3.68. The van der Waals surface area contributed by atoms with Crippen LogP contribution in [0, 0.1) is 0 Å². The van der Waals surface area contributed by atoms with E-state index < -0.39 is 11.7 Å². The Morgan fingerprint density at radius 1 is 1.17 bits per heavy atom. The molecule has 0 bridgehead atoms. The number of nitrogens with one attached hydrogen (secondary N) is 2. The summed E-state index contributed by atoms with van der Waals surface area (Å²) < 4.78 is 37.0. The van der Waals surface area contributed by atoms with Gasteiger partial charge in [-0.3, -0.25) is 5.10 Å². The van der Waals surface area contributed by atoms with Crippen LogP contribution in [0.1, 0.15) is 11.4 Å². The second kappa shape index (κ2) is 5.07. The summed E-state index contributed by atoms with van der Waals surface area (Å²) in [5.41, 5.74) is -0.00852. The van der Waals surface area contributed by atoms with Crippen molar-refractivity contribution in [3.05, 3.63) is 42.0 Å². The topological polar surface area (TPSA) is 53.6 Å². The van der Waals surface area contributed by atoms with E-state index in [2.05, 4.69) is 20.5 Å². The maximum absolute atomic E-state index is 12.3. The Bertz CT molecular complexity index is 476. The third-order valence-electron chi connectivity index (χ3n) is 2.37. The van der Waals surface area contributed by atoms with Crippen LogP contribution in [0.3, 0.4) is 0 Å². The van der Waals surface area contributed by atoms with Gasteiger partial charge in [-0.05, 0) is 24.3 Å². The van der Waals surface area contributed by atoms with Crippen molar-refractivity contribution < 1.29 is 13.2 Å². The number of benzene rings is 1. The lowest BCUT2D eigenvalue weighted by atomic mass is 10.2. The molecule has 18 heavy (non-hydrogen) atoms. The molecule has 2 rings (SSSR count). The van der Waals surface area contributed by atoms with Gasteiger partial charge >= 0.3 is 6.18 Å². The first-order chi connectivity index (χ1) is 8.55. The molecule has 4 nitrogen and oxygen atoms in total. The van der Waals surface area contributed by atoms with Crippen molar-refractivity contribution in [3.8, 4) is 0 Å². The number of aromatic nitrogens is 3. The summed E-state index contributed by atoms with van der Waals surface area (Å²) >= 11 is 0. The molecule has 0 spiro atoms. The standard InChI is InChI=1S/C11H11F3N4/c12-11(13,14)8-1-3-9(4-2-8)15-6-5-10-16-7-17-18-10/h1-4,7,15H,5-6H2,(H,16,17,18). The summed E-state index contributed by atoms with van der Waals surface area (Å²) in [6, 6.07) is 4.92. The Balaban J connectivity index is 1.87. The first-order valence-corrected chi connectivity index (χ1v) is 5.31. The molecule has 0 aliphatic carbocycles. The lowest BCUT2D eigenvalue weighted by molar-refractivity contribution is -0.137. The van der Waals surface area contributed by atoms with Gasteiger partial charge in [0.15, 0.2) is 0 Å². The quantitative estimate of drug-likeness (QED) is 0.883. The first-order valence-electron chi connectivity index (χ1n) is 5.31. The van der Waals surface area contributed by atoms with E-state index in [9.17, 15) is 13.2 Å². The molecule has 0 saturated carbocycles. The molecule has 7 heteroatoms. The SMILES string of the molecule is FC(F)(F)c1ccc(NCCc2ncn[nH]2)cc1. The van der Waals surface area contributed by atoms with Crippen molar-refractivity contribution in [3.63, 3.8) is 0 Å². The van der Waals surface area contributed by atoms with Crippen LogP contribution in [0.4, 0.5) is 18.9 Å². The number of hydrogen-bond acceptors (Lipinski definition) is 3. The number of nitrogens with zero attached hydrogens (tertiary/aromatic N) is 2. The number of alkyl halides is 3. The normalized spacial score (nSPS) is 11.5. The van der Waals surface area contributed by atoms with Gasteiger partial charge in [-0.2, -0.15) is 18.3 Å². The maximum Gasteiger partial charge on any atom is 0.416 e. The van der Waals surface area contributed by atoms with Crippen molar-refractivity contribution in [2.75, 3.05) is 11.9 Å². The Labute approximate surface area is 101 Å². The Hall–Kier alpha value is -2.05. The summed E-state index contributed by atoms with van der Waals surface area (Å²) in [7, 11) is 0. The lowest BCUT2D eigenvalue weighted by Crippen LogP contribution is -2.07. The molecule has 0 atom stereocenters. The number of rotatable bonds is 4. The minimum absolute atomic E-state index is 0.570. The maximum atomic E-state index is 12.3. The third-order valence-corrected chi connectivity index (χ3v) is 2.37. The molecule has 0 aliphatic rings. The zero-order valence-corrected chi connectivity index (χ0v) is 9.33. The molecule has 2 aromatic rings. The Morgan fingerprint density at radius 2 is 1.89 bits per heavy atom. The Morgan fingerprint density at radius 3 is 2.44 bits per heavy atom. The monoisotopic (exact) mass is 256 g/mol. The fourth-order valence-electron chi connectivity index (χ4n) is 1.45. The van der Waals surface area contributed by atoms with Gasteiger partial charge < -0.3 is 5.32 Å². The summed E-state index contributed by atoms with van der Waals surface area (Å²) in [5, 5.41) is 9.41. The van der Waals surface area contributed by atoms with E-state index in [0.717, 1.165) is 18.0 Å². The predicted octanol–water partition coefficient (Wildman–Crippen LogP) is 2.48. The highest BCUT2D eigenvalue weighted by atomic mass is 19.4. The van der Waals surface area contributed by atoms with Gasteiger partial charge in [-0.1, -0.05) is 0 Å². The summed E-state index contributed by atoms with van der Waals surface area (Å²) in [6.45, 7) is 0.570. The van der Waals surface area contributed by atoms with Gasteiger partial charge in [0, 0.05) is 18.7 Å². The van der Waals surface area contributed by atoms with Crippen LogP contribution in [0.2, 0.25) is 0 Å². The minimum Gasteiger partial charge on any atom is -0.385 e. The van der Waals surface area contributed by atoms with E-state index in [0.29, 0.717) is 18.7 Å². The summed E-state index contributed by atoms with van der Waals surface area (Å²) in [4.78, 5) is 3.94. The first kappa shape index (κ1) is 12.4. The number of anilines is 1. The molecule has 0 unspecified atom stereocenters. The van der Waals surface area contributed by atoms with Gasteiger partial charge in [0.2, 0.25) is 0 Å². The average molecular weight is 256 g/mol. The second-order valence-corrected chi connectivity index (χ2v) is 3.68. The van der Waals surface area contributed by atoms with Crippen LogP contribution >= 0.6 is 0 Å². The number of halogens is 3. The molecule has 0 radical (unpaired) electrons. The van der Waals surface area contributed by atoms with E-state index in [1.165, 1.54) is 18.5 Å². The molecule has 0 saturated heterocycles. The van der Waals surface area contributed by atoms with Crippen LogP contribution < -0.4 is 5.32 Å². The summed E-state index contributed by atoms with van der Waals surface area (Å²) in [6.07, 6.45) is -2.26. The smallest absolute Gasteiger partial charge is 0.385 e. The number of hydrogen-bond donors (Lipinski definition) is 2. The Kier molecular flexibility index (Phi) is 3.50. The molecule has 0 aliphatic heterocycles. The van der Waals surface area contributed by atoms with Crippen molar-refractivity contribution in [1.82, 2.24) is 15.2 Å². The molecule has 0 amide bonds. The highest BCUT2D eigenvalue weighted by Crippen LogP contribution is 2.29. The largest absolute Gasteiger partial charge is 0.416 e. The van der Waals surface area contributed by atoms with E-state index in [1.807, 2.05) is 0 Å². The molecule has 96 valence electrons. The molecule has 1 aromatic heterocycles. The molecule has 0 fully saturated rings. The fourth-order valence-corrected chi connectivity index (χ4v) is 1.45. The number of aromatic amines is 1. The van der Waals surface area contributed by atoms with E-state index in [-0.39, 0.29) is 0 Å². The molecular weight excluding hydrogens is 245 g/mol. The van der Waals surface area contributed by atoms with Crippen molar-refractivity contribution in [1.29, 1.82) is 0 Å². The lowest BCUT2D eigenvalue weighted by Gasteiger charge is -2.08. The van der Waals surface area contributed by atoms with Gasteiger partial charge in [0.05, 0.1) is 5.56 Å². The van der Waals surface area contributed by atoms with Gasteiger partial charge in [0.1, 0.15) is 12.2 Å². The highest BCUT2D eigenvalue weighted by molar-refractivity contribution is 5.45. The zero-order chi connectivity index (χ0) is 13.0. The number of H-pyrrole nitrogens is 1. The minimum atomic E-state index is -4.29. The zero-order valence-electron chi connectivity index (χ0n) is 9.33. The average Bonchev–Trinajstić information content (AvgIpc) is 2.82. The van der Waals surface area contributed by atoms with Crippen LogP contribution in [-0.2, 0) is 12.6 Å². The van der Waals surface area contributed by atoms with Gasteiger partial charge in [-0.25, -0.2) is 4.98 Å². The van der Waals surface area contributed by atoms with Crippen molar-refractivity contribution in [2.24, 2.45) is 0 Å². The molecule has 2 N–H and O–H groups in total. The van der Waals surface area contributed by atoms with Gasteiger partial charge in [0.25, 0.3) is 0 Å². The predicted molar refractivity (Wildman–Crippen MR) is 60.0 cm³/mol. The van der Waals surface area contributed by atoms with Gasteiger partial charge in [-0.15, -0.1) is 0 Å².